The minimum Gasteiger partial charge on any atom is -0.359 e. The van der Waals surface area contributed by atoms with Gasteiger partial charge in [-0.15, -0.1) is 0 Å². The Hall–Kier alpha value is -0.570. The van der Waals surface area contributed by atoms with Crippen molar-refractivity contribution in [1.29, 1.82) is 0 Å². The minimum atomic E-state index is -0.251. The Kier molecular flexibility index (Phi) is 8.85. The van der Waals surface area contributed by atoms with E-state index in [2.05, 4.69) is 10.2 Å². The molecule has 0 aromatic heterocycles. The van der Waals surface area contributed by atoms with Gasteiger partial charge in [0.25, 0.3) is 0 Å². The maximum Gasteiger partial charge on any atom is 0.225 e. The Bertz CT molecular complexity index is 153. The van der Waals surface area contributed by atoms with Crippen LogP contribution in [-0.2, 0) is 4.79 Å². The van der Waals surface area contributed by atoms with Crippen LogP contribution in [0.3, 0.4) is 0 Å². The van der Waals surface area contributed by atoms with E-state index in [0.29, 0.717) is 0 Å². The van der Waals surface area contributed by atoms with E-state index in [1.807, 2.05) is 41.8 Å². The number of hydrogen-bond donors (Lipinski definition) is 1. The van der Waals surface area contributed by atoms with E-state index in [-0.39, 0.29) is 11.3 Å². The van der Waals surface area contributed by atoms with Gasteiger partial charge in [0.2, 0.25) is 5.91 Å². The average molecular weight is 202 g/mol. The Morgan fingerprint density at radius 2 is 1.71 bits per heavy atom. The molecule has 0 aliphatic rings. The van der Waals surface area contributed by atoms with Crippen LogP contribution in [0.15, 0.2) is 0 Å². The summed E-state index contributed by atoms with van der Waals surface area (Å²) < 4.78 is 0. The van der Waals surface area contributed by atoms with E-state index in [1.165, 1.54) is 0 Å². The average Bonchev–Trinajstić information content (AvgIpc) is 2.17. The first-order valence-corrected chi connectivity index (χ1v) is 5.27. The zero-order valence-corrected chi connectivity index (χ0v) is 10.8. The topological polar surface area (TPSA) is 32.3 Å². The quantitative estimate of drug-likeness (QED) is 0.753. The molecule has 0 spiro atoms. The molecule has 0 radical (unpaired) electrons. The second-order valence-corrected chi connectivity index (χ2v) is 4.02. The summed E-state index contributed by atoms with van der Waals surface area (Å²) >= 11 is 0. The highest BCUT2D eigenvalue weighted by Crippen LogP contribution is 2.19. The third-order valence-corrected chi connectivity index (χ3v) is 2.03. The number of hydrogen-bond acceptors (Lipinski definition) is 2. The van der Waals surface area contributed by atoms with Gasteiger partial charge in [0, 0.05) is 12.5 Å². The molecule has 86 valence electrons. The van der Waals surface area contributed by atoms with Crippen LogP contribution >= 0.6 is 0 Å². The van der Waals surface area contributed by atoms with Gasteiger partial charge in [-0.2, -0.15) is 0 Å². The Morgan fingerprint density at radius 3 is 2.00 bits per heavy atom. The molecule has 0 heterocycles. The molecule has 0 aliphatic heterocycles. The van der Waals surface area contributed by atoms with Crippen LogP contribution < -0.4 is 5.32 Å². The summed E-state index contributed by atoms with van der Waals surface area (Å²) in [6.45, 7) is 8.88. The minimum absolute atomic E-state index is 0.115. The molecule has 1 amide bonds. The van der Waals surface area contributed by atoms with Crippen LogP contribution in [0.2, 0.25) is 0 Å². The van der Waals surface area contributed by atoms with Gasteiger partial charge in [0.15, 0.2) is 0 Å². The highest BCUT2D eigenvalue weighted by molar-refractivity contribution is 5.81. The Labute approximate surface area is 88.9 Å². The Morgan fingerprint density at radius 1 is 1.29 bits per heavy atom. The summed E-state index contributed by atoms with van der Waals surface area (Å²) in [7, 11) is 5.71. The van der Waals surface area contributed by atoms with Crippen molar-refractivity contribution >= 4 is 5.91 Å². The molecule has 0 bridgehead atoms. The third kappa shape index (κ3) is 6.89. The second kappa shape index (κ2) is 7.80. The number of carbonyl (C=O) groups is 1. The zero-order chi connectivity index (χ0) is 11.8. The van der Waals surface area contributed by atoms with Crippen LogP contribution in [0.4, 0.5) is 0 Å². The van der Waals surface area contributed by atoms with Crippen molar-refractivity contribution in [2.24, 2.45) is 5.41 Å². The highest BCUT2D eigenvalue weighted by Gasteiger charge is 2.25. The molecule has 3 heteroatoms. The molecule has 0 unspecified atom stereocenters. The first-order chi connectivity index (χ1) is 6.40. The second-order valence-electron chi connectivity index (χ2n) is 4.02. The van der Waals surface area contributed by atoms with Crippen molar-refractivity contribution in [2.75, 3.05) is 27.7 Å². The number of carbonyl (C=O) groups excluding carboxylic acids is 1. The van der Waals surface area contributed by atoms with E-state index in [0.717, 1.165) is 13.0 Å². The summed E-state index contributed by atoms with van der Waals surface area (Å²) in [6, 6.07) is 0. The van der Waals surface area contributed by atoms with E-state index in [9.17, 15) is 4.79 Å². The maximum atomic E-state index is 11.3. The molecule has 0 aromatic carbocycles. The van der Waals surface area contributed by atoms with Crippen molar-refractivity contribution < 1.29 is 4.79 Å². The fourth-order valence-corrected chi connectivity index (χ4v) is 0.955. The number of nitrogens with one attached hydrogen (secondary N) is 1. The summed E-state index contributed by atoms with van der Waals surface area (Å²) in [5, 5.41) is 2.67. The number of rotatable bonds is 4. The predicted molar refractivity (Wildman–Crippen MR) is 62.4 cm³/mol. The molecule has 1 N–H and O–H groups in total. The monoisotopic (exact) mass is 202 g/mol. The lowest BCUT2D eigenvalue weighted by Gasteiger charge is -2.24. The van der Waals surface area contributed by atoms with Gasteiger partial charge in [0.05, 0.1) is 0 Å². The first-order valence-electron chi connectivity index (χ1n) is 5.27. The van der Waals surface area contributed by atoms with Crippen molar-refractivity contribution in [3.63, 3.8) is 0 Å². The maximum absolute atomic E-state index is 11.3. The molecule has 0 aromatic rings. The summed E-state index contributed by atoms with van der Waals surface area (Å²) in [4.78, 5) is 13.4. The lowest BCUT2D eigenvalue weighted by atomic mass is 9.88. The van der Waals surface area contributed by atoms with Crippen molar-refractivity contribution in [3.05, 3.63) is 0 Å². The van der Waals surface area contributed by atoms with Gasteiger partial charge >= 0.3 is 0 Å². The van der Waals surface area contributed by atoms with E-state index in [1.54, 1.807) is 7.05 Å². The van der Waals surface area contributed by atoms with Crippen LogP contribution in [0.25, 0.3) is 0 Å². The molecular weight excluding hydrogens is 176 g/mol. The normalized spacial score (nSPS) is 10.6. The van der Waals surface area contributed by atoms with E-state index in [4.69, 9.17) is 0 Å². The van der Waals surface area contributed by atoms with Crippen molar-refractivity contribution in [1.82, 2.24) is 10.2 Å². The summed E-state index contributed by atoms with van der Waals surface area (Å²) in [6.07, 6.45) is 0.889. The lowest BCUT2D eigenvalue weighted by Crippen LogP contribution is -2.36. The van der Waals surface area contributed by atoms with Crippen LogP contribution in [0.5, 0.6) is 0 Å². The van der Waals surface area contributed by atoms with Gasteiger partial charge in [-0.05, 0) is 27.1 Å². The van der Waals surface area contributed by atoms with Gasteiger partial charge in [-0.3, -0.25) is 4.79 Å². The molecule has 0 saturated carbocycles. The van der Waals surface area contributed by atoms with Gasteiger partial charge < -0.3 is 10.2 Å². The predicted octanol–water partition coefficient (Wildman–Crippen LogP) is 1.74. The molecule has 0 atom stereocenters. The van der Waals surface area contributed by atoms with Crippen molar-refractivity contribution in [2.45, 2.75) is 34.1 Å². The summed E-state index contributed by atoms with van der Waals surface area (Å²) in [5.74, 6) is 0.115. The lowest BCUT2D eigenvalue weighted by molar-refractivity contribution is -0.129. The molecule has 0 fully saturated rings. The molecular formula is C11H26N2O. The molecule has 0 rings (SSSR count). The largest absolute Gasteiger partial charge is 0.359 e. The molecule has 0 saturated heterocycles. The summed E-state index contributed by atoms with van der Waals surface area (Å²) in [5.41, 5.74) is -0.251. The Balaban J connectivity index is 0. The molecule has 14 heavy (non-hydrogen) atoms. The van der Waals surface area contributed by atoms with Crippen molar-refractivity contribution in [3.8, 4) is 0 Å². The first kappa shape index (κ1) is 15.9. The molecule has 0 aliphatic carbocycles. The highest BCUT2D eigenvalue weighted by atomic mass is 16.2. The van der Waals surface area contributed by atoms with Gasteiger partial charge in [-0.25, -0.2) is 0 Å². The number of nitrogens with zero attached hydrogens (tertiary/aromatic N) is 1. The zero-order valence-electron chi connectivity index (χ0n) is 10.8. The van der Waals surface area contributed by atoms with Gasteiger partial charge in [-0.1, -0.05) is 27.7 Å². The van der Waals surface area contributed by atoms with Gasteiger partial charge in [0.1, 0.15) is 0 Å². The van der Waals surface area contributed by atoms with E-state index < -0.39 is 0 Å². The smallest absolute Gasteiger partial charge is 0.225 e. The third-order valence-electron chi connectivity index (χ3n) is 2.03. The van der Waals surface area contributed by atoms with Crippen LogP contribution in [0.1, 0.15) is 34.1 Å². The van der Waals surface area contributed by atoms with Crippen LogP contribution in [-0.4, -0.2) is 38.5 Å². The van der Waals surface area contributed by atoms with Crippen LogP contribution in [0, 0.1) is 5.41 Å². The van der Waals surface area contributed by atoms with E-state index >= 15 is 0 Å². The SMILES string of the molecule is CC.CNC(=O)C(C)(C)CCN(C)C. The fraction of sp³-hybridized carbons (Fsp3) is 0.909. The number of amides is 1. The standard InChI is InChI=1S/C9H20N2O.C2H6/c1-9(2,8(12)10-3)6-7-11(4)5;1-2/h6-7H2,1-5H3,(H,10,12);1-2H3. The fourth-order valence-electron chi connectivity index (χ4n) is 0.955. The molecule has 3 nitrogen and oxygen atoms in total.